The Hall–Kier alpha value is -1.78. The third-order valence-electron chi connectivity index (χ3n) is 2.67. The molecule has 0 atom stereocenters. The van der Waals surface area contributed by atoms with E-state index in [4.69, 9.17) is 33.4 Å². The average molecular weight is 297 g/mol. The number of rotatable bonds is 1. The number of fused-ring (bicyclic) bond motifs is 1. The normalized spacial score (nSPS) is 11.1. The maximum absolute atomic E-state index is 13.8. The van der Waals surface area contributed by atoms with E-state index in [1.807, 2.05) is 0 Å². The molecule has 19 heavy (non-hydrogen) atoms. The Kier molecular flexibility index (Phi) is 2.84. The average Bonchev–Trinajstić information content (AvgIpc) is 2.72. The van der Waals surface area contributed by atoms with Gasteiger partial charge < -0.3 is 10.2 Å². The van der Waals surface area contributed by atoms with Crippen molar-refractivity contribution in [2.24, 2.45) is 0 Å². The van der Waals surface area contributed by atoms with E-state index in [2.05, 4.69) is 4.98 Å². The van der Waals surface area contributed by atoms with E-state index in [9.17, 15) is 4.39 Å². The van der Waals surface area contributed by atoms with Crippen LogP contribution in [0.15, 0.2) is 34.7 Å². The maximum atomic E-state index is 13.8. The second-order valence-corrected chi connectivity index (χ2v) is 4.80. The quantitative estimate of drug-likeness (QED) is 0.672. The van der Waals surface area contributed by atoms with Crippen LogP contribution in [0.3, 0.4) is 0 Å². The largest absolute Gasteiger partial charge is 0.434 e. The number of oxazole rings is 1. The van der Waals surface area contributed by atoms with Gasteiger partial charge in [-0.05, 0) is 24.3 Å². The number of hydrogen-bond donors (Lipinski definition) is 1. The fraction of sp³-hybridized carbons (Fsp3) is 0. The number of aromatic nitrogens is 1. The topological polar surface area (TPSA) is 52.0 Å². The van der Waals surface area contributed by atoms with Crippen LogP contribution in [0.4, 0.5) is 10.1 Å². The van der Waals surface area contributed by atoms with E-state index in [1.165, 1.54) is 18.2 Å². The van der Waals surface area contributed by atoms with E-state index in [0.29, 0.717) is 21.1 Å². The first-order valence-corrected chi connectivity index (χ1v) is 6.12. The highest BCUT2D eigenvalue weighted by atomic mass is 35.5. The molecule has 0 aliphatic carbocycles. The zero-order valence-electron chi connectivity index (χ0n) is 9.45. The van der Waals surface area contributed by atoms with E-state index in [0.717, 1.165) is 0 Å². The van der Waals surface area contributed by atoms with Gasteiger partial charge in [-0.2, -0.15) is 0 Å². The van der Waals surface area contributed by atoms with Gasteiger partial charge in [-0.3, -0.25) is 0 Å². The first-order chi connectivity index (χ1) is 9.06. The molecule has 0 radical (unpaired) electrons. The Morgan fingerprint density at radius 3 is 2.74 bits per heavy atom. The smallest absolute Gasteiger partial charge is 0.232 e. The second-order valence-electron chi connectivity index (χ2n) is 3.96. The molecule has 3 rings (SSSR count). The molecular weight excluding hydrogens is 290 g/mol. The summed E-state index contributed by atoms with van der Waals surface area (Å²) in [6.45, 7) is 0. The van der Waals surface area contributed by atoms with Gasteiger partial charge in [0.1, 0.15) is 11.3 Å². The van der Waals surface area contributed by atoms with Crippen molar-refractivity contribution in [2.75, 3.05) is 5.73 Å². The molecule has 1 aromatic heterocycles. The van der Waals surface area contributed by atoms with Crippen molar-refractivity contribution < 1.29 is 8.81 Å². The number of nitrogens with two attached hydrogens (primary N) is 1. The summed E-state index contributed by atoms with van der Waals surface area (Å²) in [7, 11) is 0. The highest BCUT2D eigenvalue weighted by Crippen LogP contribution is 2.34. The molecule has 96 valence electrons. The number of halogens is 3. The van der Waals surface area contributed by atoms with Crippen LogP contribution in [0.5, 0.6) is 0 Å². The fourth-order valence-electron chi connectivity index (χ4n) is 1.83. The van der Waals surface area contributed by atoms with Gasteiger partial charge in [-0.1, -0.05) is 29.3 Å². The van der Waals surface area contributed by atoms with Crippen LogP contribution in [-0.2, 0) is 0 Å². The zero-order chi connectivity index (χ0) is 13.6. The summed E-state index contributed by atoms with van der Waals surface area (Å²) in [6, 6.07) is 7.50. The first-order valence-electron chi connectivity index (χ1n) is 5.36. The molecule has 3 nitrogen and oxygen atoms in total. The number of anilines is 1. The molecule has 1 heterocycles. The molecule has 2 N–H and O–H groups in total. The van der Waals surface area contributed by atoms with Crippen LogP contribution in [0, 0.1) is 5.82 Å². The van der Waals surface area contributed by atoms with Crippen LogP contribution in [0.1, 0.15) is 0 Å². The Morgan fingerprint density at radius 2 is 2.00 bits per heavy atom. The summed E-state index contributed by atoms with van der Waals surface area (Å²) in [5, 5.41) is 0.745. The van der Waals surface area contributed by atoms with Gasteiger partial charge in [0.15, 0.2) is 5.58 Å². The van der Waals surface area contributed by atoms with Crippen LogP contribution in [-0.4, -0.2) is 4.98 Å². The van der Waals surface area contributed by atoms with Crippen molar-refractivity contribution in [3.05, 3.63) is 46.2 Å². The van der Waals surface area contributed by atoms with Crippen molar-refractivity contribution in [3.8, 4) is 11.5 Å². The fourth-order valence-corrected chi connectivity index (χ4v) is 2.35. The Balaban J connectivity index is 2.30. The summed E-state index contributed by atoms with van der Waals surface area (Å²) in [5.41, 5.74) is 6.91. The molecule has 0 saturated carbocycles. The molecule has 0 saturated heterocycles. The van der Waals surface area contributed by atoms with E-state index >= 15 is 0 Å². The predicted octanol–water partition coefficient (Wildman–Crippen LogP) is 4.52. The summed E-state index contributed by atoms with van der Waals surface area (Å²) in [6.07, 6.45) is 0. The van der Waals surface area contributed by atoms with Crippen molar-refractivity contribution in [3.63, 3.8) is 0 Å². The van der Waals surface area contributed by atoms with Gasteiger partial charge in [0.2, 0.25) is 5.89 Å². The first kappa shape index (κ1) is 12.3. The van der Waals surface area contributed by atoms with Crippen molar-refractivity contribution in [2.45, 2.75) is 0 Å². The van der Waals surface area contributed by atoms with Gasteiger partial charge in [0, 0.05) is 10.7 Å². The monoisotopic (exact) mass is 296 g/mol. The lowest BCUT2D eigenvalue weighted by molar-refractivity contribution is 0.594. The van der Waals surface area contributed by atoms with Crippen LogP contribution in [0.25, 0.3) is 22.6 Å². The van der Waals surface area contributed by atoms with Crippen LogP contribution >= 0.6 is 23.2 Å². The van der Waals surface area contributed by atoms with Gasteiger partial charge in [-0.15, -0.1) is 0 Å². The lowest BCUT2D eigenvalue weighted by Gasteiger charge is -2.01. The third-order valence-corrected chi connectivity index (χ3v) is 3.17. The minimum absolute atomic E-state index is 0.0785. The highest BCUT2D eigenvalue weighted by Gasteiger charge is 2.17. The van der Waals surface area contributed by atoms with E-state index in [1.54, 1.807) is 12.1 Å². The maximum Gasteiger partial charge on any atom is 0.232 e. The molecule has 0 aliphatic heterocycles. The standard InChI is InChI=1S/C13H7Cl2FN2O/c14-6-4-7(15)12-10(5-6)18-13(19-12)11-8(16)2-1-3-9(11)17/h1-5H,17H2. The molecule has 0 unspecified atom stereocenters. The second kappa shape index (κ2) is 4.40. The number of nitrogen functional groups attached to an aromatic ring is 1. The summed E-state index contributed by atoms with van der Waals surface area (Å²) < 4.78 is 19.3. The van der Waals surface area contributed by atoms with Gasteiger partial charge in [-0.25, -0.2) is 9.37 Å². The molecule has 0 aliphatic rings. The Labute approximate surface area is 117 Å². The summed E-state index contributed by atoms with van der Waals surface area (Å²) in [4.78, 5) is 4.17. The van der Waals surface area contributed by atoms with Crippen LogP contribution < -0.4 is 5.73 Å². The van der Waals surface area contributed by atoms with Crippen molar-refractivity contribution in [1.29, 1.82) is 0 Å². The summed E-state index contributed by atoms with van der Waals surface area (Å²) >= 11 is 11.9. The Morgan fingerprint density at radius 1 is 1.21 bits per heavy atom. The molecule has 0 fully saturated rings. The molecule has 2 aromatic carbocycles. The summed E-state index contributed by atoms with van der Waals surface area (Å²) in [5.74, 6) is -0.427. The minimum Gasteiger partial charge on any atom is -0.434 e. The molecule has 0 amide bonds. The lowest BCUT2D eigenvalue weighted by atomic mass is 10.1. The number of nitrogens with zero attached hydrogens (tertiary/aromatic N) is 1. The zero-order valence-corrected chi connectivity index (χ0v) is 11.0. The van der Waals surface area contributed by atoms with E-state index < -0.39 is 5.82 Å². The van der Waals surface area contributed by atoms with E-state index in [-0.39, 0.29) is 17.1 Å². The molecule has 6 heteroatoms. The highest BCUT2D eigenvalue weighted by molar-refractivity contribution is 6.38. The number of hydrogen-bond acceptors (Lipinski definition) is 3. The van der Waals surface area contributed by atoms with Crippen molar-refractivity contribution in [1.82, 2.24) is 4.98 Å². The van der Waals surface area contributed by atoms with Gasteiger partial charge in [0.25, 0.3) is 0 Å². The predicted molar refractivity (Wildman–Crippen MR) is 73.8 cm³/mol. The molecule has 3 aromatic rings. The Bertz CT molecular complexity index is 765. The van der Waals surface area contributed by atoms with Crippen molar-refractivity contribution >= 4 is 40.0 Å². The molecule has 0 spiro atoms. The SMILES string of the molecule is Nc1cccc(F)c1-c1nc2cc(Cl)cc(Cl)c2o1. The number of benzene rings is 2. The minimum atomic E-state index is -0.506. The van der Waals surface area contributed by atoms with Gasteiger partial charge >= 0.3 is 0 Å². The molecular formula is C13H7Cl2FN2O. The third kappa shape index (κ3) is 2.03. The van der Waals surface area contributed by atoms with Gasteiger partial charge in [0.05, 0.1) is 10.6 Å². The van der Waals surface area contributed by atoms with Crippen LogP contribution in [0.2, 0.25) is 10.0 Å². The lowest BCUT2D eigenvalue weighted by Crippen LogP contribution is -1.93. The molecule has 0 bridgehead atoms.